The zero-order chi connectivity index (χ0) is 17.0. The molecule has 2 aromatic carbocycles. The van der Waals surface area contributed by atoms with Gasteiger partial charge in [0.2, 0.25) is 0 Å². The van der Waals surface area contributed by atoms with Gasteiger partial charge < -0.3 is 20.3 Å². The quantitative estimate of drug-likeness (QED) is 0.752. The van der Waals surface area contributed by atoms with Gasteiger partial charge in [-0.05, 0) is 36.8 Å². The van der Waals surface area contributed by atoms with Crippen molar-refractivity contribution >= 4 is 17.6 Å². The van der Waals surface area contributed by atoms with Gasteiger partial charge in [-0.25, -0.2) is 9.18 Å². The van der Waals surface area contributed by atoms with Gasteiger partial charge in [0.05, 0.1) is 0 Å². The predicted octanol–water partition coefficient (Wildman–Crippen LogP) is 2.34. The number of benzene rings is 2. The van der Waals surface area contributed by atoms with Crippen LogP contribution >= 0.6 is 0 Å². The predicted molar refractivity (Wildman–Crippen MR) is 79.8 cm³/mol. The van der Waals surface area contributed by atoms with Crippen LogP contribution in [0.5, 0.6) is 11.5 Å². The highest BCUT2D eigenvalue weighted by Crippen LogP contribution is 2.23. The summed E-state index contributed by atoms with van der Waals surface area (Å²) in [6.07, 6.45) is 0. The highest BCUT2D eigenvalue weighted by molar-refractivity contribution is 5.97. The second kappa shape index (κ2) is 6.78. The lowest BCUT2D eigenvalue weighted by molar-refractivity contribution is -0.119. The van der Waals surface area contributed by atoms with Gasteiger partial charge in [0.1, 0.15) is 22.9 Å². The monoisotopic (exact) mass is 319 g/mol. The Bertz CT molecular complexity index is 760. The average molecular weight is 319 g/mol. The van der Waals surface area contributed by atoms with Crippen molar-refractivity contribution in [1.82, 2.24) is 0 Å². The Labute approximate surface area is 131 Å². The molecule has 0 fully saturated rings. The fourth-order valence-electron chi connectivity index (χ4n) is 1.82. The van der Waals surface area contributed by atoms with Crippen molar-refractivity contribution in [1.29, 1.82) is 0 Å². The van der Waals surface area contributed by atoms with Crippen LogP contribution in [0.4, 0.5) is 10.1 Å². The molecule has 0 saturated carbocycles. The number of rotatable bonds is 4. The zero-order valence-corrected chi connectivity index (χ0v) is 12.2. The molecule has 0 heterocycles. The first-order valence-electron chi connectivity index (χ1n) is 6.62. The smallest absolute Gasteiger partial charge is 0.342 e. The molecule has 120 valence electrons. The van der Waals surface area contributed by atoms with Crippen molar-refractivity contribution in [2.24, 2.45) is 0 Å². The van der Waals surface area contributed by atoms with Crippen LogP contribution in [0.3, 0.4) is 0 Å². The van der Waals surface area contributed by atoms with Crippen LogP contribution < -0.4 is 5.32 Å². The Hall–Kier alpha value is -3.09. The average Bonchev–Trinajstić information content (AvgIpc) is 2.48. The standard InChI is InChI=1S/C16H14FNO5/c1-9-2-3-10(17)6-13(9)18-15(21)8-23-16(22)12-5-4-11(19)7-14(12)20/h2-7,19-20H,8H2,1H3,(H,18,21). The van der Waals surface area contributed by atoms with E-state index in [0.29, 0.717) is 5.56 Å². The molecule has 23 heavy (non-hydrogen) atoms. The fourth-order valence-corrected chi connectivity index (χ4v) is 1.82. The van der Waals surface area contributed by atoms with Crippen LogP contribution in [0.1, 0.15) is 15.9 Å². The molecule has 7 heteroatoms. The van der Waals surface area contributed by atoms with Crippen LogP contribution in [0.25, 0.3) is 0 Å². The maximum Gasteiger partial charge on any atom is 0.342 e. The number of phenols is 2. The lowest BCUT2D eigenvalue weighted by Crippen LogP contribution is -2.21. The van der Waals surface area contributed by atoms with E-state index in [1.807, 2.05) is 0 Å². The third kappa shape index (κ3) is 4.19. The number of phenolic OH excluding ortho intramolecular Hbond substituents is 2. The van der Waals surface area contributed by atoms with Crippen molar-refractivity contribution in [2.75, 3.05) is 11.9 Å². The molecule has 2 rings (SSSR count). The molecule has 0 bridgehead atoms. The SMILES string of the molecule is Cc1ccc(F)cc1NC(=O)COC(=O)c1ccc(O)cc1O. The van der Waals surface area contributed by atoms with Gasteiger partial charge in [0.15, 0.2) is 6.61 Å². The summed E-state index contributed by atoms with van der Waals surface area (Å²) in [6, 6.07) is 7.27. The van der Waals surface area contributed by atoms with Gasteiger partial charge >= 0.3 is 5.97 Å². The number of carbonyl (C=O) groups is 2. The van der Waals surface area contributed by atoms with E-state index in [0.717, 1.165) is 12.1 Å². The first-order chi connectivity index (χ1) is 10.9. The second-order valence-electron chi connectivity index (χ2n) is 4.79. The highest BCUT2D eigenvalue weighted by atomic mass is 19.1. The third-order valence-corrected chi connectivity index (χ3v) is 3.01. The molecule has 1 amide bonds. The van der Waals surface area contributed by atoms with Crippen molar-refractivity contribution in [2.45, 2.75) is 6.92 Å². The molecule has 2 aromatic rings. The maximum atomic E-state index is 13.1. The number of nitrogens with one attached hydrogen (secondary N) is 1. The van der Waals surface area contributed by atoms with Crippen LogP contribution in [-0.4, -0.2) is 28.7 Å². The van der Waals surface area contributed by atoms with Crippen molar-refractivity contribution in [3.8, 4) is 11.5 Å². The number of hydrogen-bond donors (Lipinski definition) is 3. The summed E-state index contributed by atoms with van der Waals surface area (Å²) >= 11 is 0. The van der Waals surface area contributed by atoms with E-state index in [4.69, 9.17) is 9.84 Å². The fraction of sp³-hybridized carbons (Fsp3) is 0.125. The minimum absolute atomic E-state index is 0.183. The van der Waals surface area contributed by atoms with E-state index in [-0.39, 0.29) is 17.0 Å². The van der Waals surface area contributed by atoms with Gasteiger partial charge in [0, 0.05) is 11.8 Å². The number of carbonyl (C=O) groups excluding carboxylic acids is 2. The minimum Gasteiger partial charge on any atom is -0.508 e. The Morgan fingerprint density at radius 3 is 2.61 bits per heavy atom. The molecule has 0 unspecified atom stereocenters. The van der Waals surface area contributed by atoms with Gasteiger partial charge in [-0.15, -0.1) is 0 Å². The van der Waals surface area contributed by atoms with Crippen LogP contribution in [0, 0.1) is 12.7 Å². The Balaban J connectivity index is 1.96. The molecular formula is C16H14FNO5. The van der Waals surface area contributed by atoms with E-state index in [9.17, 15) is 19.1 Å². The topological polar surface area (TPSA) is 95.9 Å². The molecule has 0 aliphatic carbocycles. The normalized spacial score (nSPS) is 10.2. The molecular weight excluding hydrogens is 305 g/mol. The molecule has 6 nitrogen and oxygen atoms in total. The number of anilines is 1. The van der Waals surface area contributed by atoms with Crippen molar-refractivity contribution < 1.29 is 28.9 Å². The number of halogens is 1. The van der Waals surface area contributed by atoms with Gasteiger partial charge in [0.25, 0.3) is 5.91 Å². The van der Waals surface area contributed by atoms with Crippen molar-refractivity contribution in [3.63, 3.8) is 0 Å². The zero-order valence-electron chi connectivity index (χ0n) is 12.2. The first kappa shape index (κ1) is 16.3. The largest absolute Gasteiger partial charge is 0.508 e. The molecule has 0 aromatic heterocycles. The van der Waals surface area contributed by atoms with Crippen molar-refractivity contribution in [3.05, 3.63) is 53.3 Å². The van der Waals surface area contributed by atoms with Gasteiger partial charge in [-0.3, -0.25) is 4.79 Å². The molecule has 0 atom stereocenters. The molecule has 0 radical (unpaired) electrons. The lowest BCUT2D eigenvalue weighted by Gasteiger charge is -2.09. The number of esters is 1. The number of amides is 1. The lowest BCUT2D eigenvalue weighted by atomic mass is 10.2. The van der Waals surface area contributed by atoms with Gasteiger partial charge in [-0.2, -0.15) is 0 Å². The summed E-state index contributed by atoms with van der Waals surface area (Å²) in [5.74, 6) is -2.74. The van der Waals surface area contributed by atoms with E-state index in [2.05, 4.69) is 5.32 Å². The van der Waals surface area contributed by atoms with Crippen LogP contribution in [0.2, 0.25) is 0 Å². The Morgan fingerprint density at radius 1 is 1.17 bits per heavy atom. The number of aryl methyl sites for hydroxylation is 1. The Morgan fingerprint density at radius 2 is 1.91 bits per heavy atom. The van der Waals surface area contributed by atoms with Crippen LogP contribution in [-0.2, 0) is 9.53 Å². The summed E-state index contributed by atoms with van der Waals surface area (Å²) in [5, 5.41) is 21.1. The first-order valence-corrected chi connectivity index (χ1v) is 6.62. The summed E-state index contributed by atoms with van der Waals surface area (Å²) in [5.41, 5.74) is 0.748. The van der Waals surface area contributed by atoms with E-state index < -0.39 is 30.1 Å². The Kier molecular flexibility index (Phi) is 4.80. The third-order valence-electron chi connectivity index (χ3n) is 3.01. The highest BCUT2D eigenvalue weighted by Gasteiger charge is 2.15. The molecule has 0 saturated heterocycles. The second-order valence-corrected chi connectivity index (χ2v) is 4.79. The summed E-state index contributed by atoms with van der Waals surface area (Å²) in [4.78, 5) is 23.5. The number of hydrogen-bond acceptors (Lipinski definition) is 5. The molecule has 0 aliphatic heterocycles. The van der Waals surface area contributed by atoms with Gasteiger partial charge in [-0.1, -0.05) is 6.07 Å². The molecule has 0 aliphatic rings. The van der Waals surface area contributed by atoms with E-state index in [1.54, 1.807) is 6.92 Å². The molecule has 3 N–H and O–H groups in total. The number of ether oxygens (including phenoxy) is 1. The molecule has 0 spiro atoms. The van der Waals surface area contributed by atoms with E-state index >= 15 is 0 Å². The maximum absolute atomic E-state index is 13.1. The summed E-state index contributed by atoms with van der Waals surface area (Å²) < 4.78 is 17.9. The van der Waals surface area contributed by atoms with Crippen LogP contribution in [0.15, 0.2) is 36.4 Å². The number of aromatic hydroxyl groups is 2. The minimum atomic E-state index is -0.923. The van der Waals surface area contributed by atoms with E-state index in [1.165, 1.54) is 24.3 Å². The summed E-state index contributed by atoms with van der Waals surface area (Å²) in [7, 11) is 0. The summed E-state index contributed by atoms with van der Waals surface area (Å²) in [6.45, 7) is 1.09.